The molecular weight excluding hydrogens is 440 g/mol. The van der Waals surface area contributed by atoms with E-state index in [1.807, 2.05) is 6.92 Å². The lowest BCUT2D eigenvalue weighted by Crippen LogP contribution is -2.36. The van der Waals surface area contributed by atoms with Crippen molar-refractivity contribution < 1.29 is 14.6 Å². The van der Waals surface area contributed by atoms with Gasteiger partial charge in [-0.1, -0.05) is 36.5 Å². The van der Waals surface area contributed by atoms with Crippen LogP contribution < -0.4 is 21.7 Å². The van der Waals surface area contributed by atoms with Gasteiger partial charge in [0.1, 0.15) is 0 Å². The predicted octanol–water partition coefficient (Wildman–Crippen LogP) is 1.46. The molecule has 0 aromatic rings. The highest BCUT2D eigenvalue weighted by Crippen LogP contribution is 2.34. The Kier molecular flexibility index (Phi) is 9.98. The summed E-state index contributed by atoms with van der Waals surface area (Å²) in [5.74, 6) is 4.41. The fourth-order valence-electron chi connectivity index (χ4n) is 6.71. The molecule has 6 rings (SSSR count). The Morgan fingerprint density at radius 3 is 2.00 bits per heavy atom. The maximum atomic E-state index is 11.7. The van der Waals surface area contributed by atoms with Crippen LogP contribution in [-0.2, 0) is 9.53 Å². The summed E-state index contributed by atoms with van der Waals surface area (Å²) in [4.78, 5) is 11.7. The molecule has 7 heteroatoms. The second-order valence-electron chi connectivity index (χ2n) is 10.9. The summed E-state index contributed by atoms with van der Waals surface area (Å²) in [5.41, 5.74) is 5.93. The van der Waals surface area contributed by atoms with Crippen LogP contribution in [0.1, 0.15) is 26.2 Å². The van der Waals surface area contributed by atoms with Crippen LogP contribution in [-0.4, -0.2) is 69.6 Å². The summed E-state index contributed by atoms with van der Waals surface area (Å²) in [6.07, 6.45) is 16.4. The van der Waals surface area contributed by atoms with E-state index in [2.05, 4.69) is 52.4 Å². The number of esters is 1. The monoisotopic (exact) mass is 486 g/mol. The van der Waals surface area contributed by atoms with Gasteiger partial charge in [-0.3, -0.25) is 4.79 Å². The maximum absolute atomic E-state index is 11.7. The molecular formula is C28H46N4O3. The third kappa shape index (κ3) is 6.63. The van der Waals surface area contributed by atoms with Gasteiger partial charge in [0.05, 0.1) is 12.5 Å². The lowest BCUT2D eigenvalue weighted by Gasteiger charge is -2.27. The van der Waals surface area contributed by atoms with E-state index in [9.17, 15) is 4.79 Å². The molecule has 0 aromatic heterocycles. The van der Waals surface area contributed by atoms with Crippen molar-refractivity contribution in [1.82, 2.24) is 16.0 Å². The minimum atomic E-state index is -0.0180. The average Bonchev–Trinajstić information content (AvgIpc) is 3.65. The molecule has 6 N–H and O–H groups in total. The second-order valence-corrected chi connectivity index (χ2v) is 10.9. The fourth-order valence-corrected chi connectivity index (χ4v) is 6.71. The Bertz CT molecular complexity index is 769. The van der Waals surface area contributed by atoms with Gasteiger partial charge in [0.15, 0.2) is 0 Å². The van der Waals surface area contributed by atoms with Gasteiger partial charge in [-0.15, -0.1) is 0 Å². The zero-order chi connectivity index (χ0) is 24.6. The Labute approximate surface area is 211 Å². The van der Waals surface area contributed by atoms with Crippen molar-refractivity contribution >= 4 is 5.97 Å². The van der Waals surface area contributed by atoms with E-state index >= 15 is 0 Å². The quantitative estimate of drug-likeness (QED) is 0.304. The molecule has 35 heavy (non-hydrogen) atoms. The molecule has 3 heterocycles. The number of rotatable bonds is 3. The van der Waals surface area contributed by atoms with Crippen molar-refractivity contribution in [3.8, 4) is 0 Å². The van der Waals surface area contributed by atoms with Crippen molar-refractivity contribution in [2.75, 3.05) is 52.5 Å². The number of hydrogen-bond acceptors (Lipinski definition) is 7. The van der Waals surface area contributed by atoms with Crippen LogP contribution in [0, 0.1) is 47.3 Å². The number of carbonyl (C=O) groups excluding carboxylic acids is 1. The lowest BCUT2D eigenvalue weighted by atomic mass is 9.78. The molecule has 7 nitrogen and oxygen atoms in total. The summed E-state index contributed by atoms with van der Waals surface area (Å²) in [6.45, 7) is 9.14. The van der Waals surface area contributed by atoms with Crippen LogP contribution in [0.3, 0.4) is 0 Å². The number of aliphatic hydroxyl groups excluding tert-OH is 1. The predicted molar refractivity (Wildman–Crippen MR) is 139 cm³/mol. The van der Waals surface area contributed by atoms with E-state index in [-0.39, 0.29) is 11.9 Å². The lowest BCUT2D eigenvalue weighted by molar-refractivity contribution is -0.150. The van der Waals surface area contributed by atoms with E-state index < -0.39 is 0 Å². The van der Waals surface area contributed by atoms with Crippen molar-refractivity contribution in [3.05, 3.63) is 36.5 Å². The van der Waals surface area contributed by atoms with Gasteiger partial charge in [-0.05, 0) is 80.7 Å². The van der Waals surface area contributed by atoms with Crippen molar-refractivity contribution in [3.63, 3.8) is 0 Å². The minimum Gasteiger partial charge on any atom is -0.466 e. The number of carbonyl (C=O) groups is 1. The van der Waals surface area contributed by atoms with Gasteiger partial charge in [-0.25, -0.2) is 0 Å². The van der Waals surface area contributed by atoms with Crippen LogP contribution in [0.15, 0.2) is 36.5 Å². The normalized spacial score (nSPS) is 40.5. The molecule has 196 valence electrons. The number of fused-ring (bicyclic) bond motifs is 3. The van der Waals surface area contributed by atoms with Gasteiger partial charge in [-0.2, -0.15) is 0 Å². The molecule has 3 saturated heterocycles. The topological polar surface area (TPSA) is 109 Å². The number of allylic oxidation sites excluding steroid dienone is 2. The van der Waals surface area contributed by atoms with Crippen LogP contribution in [0.25, 0.3) is 0 Å². The molecule has 0 spiro atoms. The van der Waals surface area contributed by atoms with E-state index in [4.69, 9.17) is 15.6 Å². The van der Waals surface area contributed by atoms with Gasteiger partial charge in [0.25, 0.3) is 0 Å². The molecule has 9 unspecified atom stereocenters. The highest BCUT2D eigenvalue weighted by atomic mass is 16.5. The maximum Gasteiger partial charge on any atom is 0.309 e. The zero-order valence-corrected chi connectivity index (χ0v) is 21.3. The van der Waals surface area contributed by atoms with E-state index in [1.165, 1.54) is 0 Å². The van der Waals surface area contributed by atoms with Crippen LogP contribution in [0.5, 0.6) is 0 Å². The molecule has 0 saturated carbocycles. The number of ether oxygens (including phenoxy) is 1. The summed E-state index contributed by atoms with van der Waals surface area (Å²) in [7, 11) is 0. The summed E-state index contributed by atoms with van der Waals surface area (Å²) < 4.78 is 5.09. The second kappa shape index (κ2) is 13.2. The van der Waals surface area contributed by atoms with E-state index in [0.717, 1.165) is 64.4 Å². The molecule has 9 atom stereocenters. The van der Waals surface area contributed by atoms with Gasteiger partial charge < -0.3 is 31.5 Å². The third-order valence-corrected chi connectivity index (χ3v) is 8.81. The Morgan fingerprint density at radius 2 is 1.37 bits per heavy atom. The zero-order valence-electron chi connectivity index (χ0n) is 21.3. The summed E-state index contributed by atoms with van der Waals surface area (Å²) in [5, 5.41) is 19.1. The first-order valence-electron chi connectivity index (χ1n) is 13.8. The highest BCUT2D eigenvalue weighted by Gasteiger charge is 2.38. The first-order chi connectivity index (χ1) is 17.1. The number of hydrogen-bond donors (Lipinski definition) is 5. The van der Waals surface area contributed by atoms with E-state index in [1.54, 1.807) is 0 Å². The molecule has 3 fully saturated rings. The Balaban J connectivity index is 0.000000126. The fraction of sp³-hybridized carbons (Fsp3) is 0.750. The minimum absolute atomic E-state index is 0.0180. The summed E-state index contributed by atoms with van der Waals surface area (Å²) >= 11 is 0. The molecule has 0 amide bonds. The highest BCUT2D eigenvalue weighted by molar-refractivity contribution is 5.73. The molecule has 0 aromatic carbocycles. The van der Waals surface area contributed by atoms with Crippen molar-refractivity contribution in [1.29, 1.82) is 0 Å². The third-order valence-electron chi connectivity index (χ3n) is 8.81. The smallest absolute Gasteiger partial charge is 0.309 e. The Morgan fingerprint density at radius 1 is 0.829 bits per heavy atom. The first kappa shape index (κ1) is 26.6. The number of aliphatic hydroxyl groups is 1. The average molecular weight is 487 g/mol. The largest absolute Gasteiger partial charge is 0.466 e. The van der Waals surface area contributed by atoms with Crippen LogP contribution >= 0.6 is 0 Å². The van der Waals surface area contributed by atoms with Crippen molar-refractivity contribution in [2.24, 2.45) is 53.1 Å². The Hall–Kier alpha value is -1.51. The SMILES string of the molecule is CCOC(=O)C1CC=CC2CNCC21.NC1CC=CC2CNCC12.OCC1CC=CC2CNCC21. The van der Waals surface area contributed by atoms with Crippen LogP contribution in [0.4, 0.5) is 0 Å². The van der Waals surface area contributed by atoms with Crippen molar-refractivity contribution in [2.45, 2.75) is 32.2 Å². The van der Waals surface area contributed by atoms with E-state index in [0.29, 0.717) is 54.8 Å². The standard InChI is InChI=1S/C11H17NO2.C9H15NO.C8H14N2/c1-2-14-11(13)9-5-3-4-8-6-12-7-10(8)9;11-6-8-3-1-2-7-4-10-5-9(7)8;9-8-3-1-2-6-4-10-5-7(6)8/h3-4,8-10,12H,2,5-7H2,1H3;1-2,7-11H,3-6H2;1-2,6-8,10H,3-5,9H2. The van der Waals surface area contributed by atoms with Gasteiger partial charge >= 0.3 is 5.97 Å². The van der Waals surface area contributed by atoms with Crippen LogP contribution in [0.2, 0.25) is 0 Å². The summed E-state index contributed by atoms with van der Waals surface area (Å²) in [6, 6.07) is 0.407. The molecule has 3 aliphatic heterocycles. The van der Waals surface area contributed by atoms with Gasteiger partial charge in [0, 0.05) is 38.8 Å². The molecule has 0 radical (unpaired) electrons. The molecule has 6 aliphatic rings. The first-order valence-corrected chi connectivity index (χ1v) is 13.8. The van der Waals surface area contributed by atoms with Gasteiger partial charge in [0.2, 0.25) is 0 Å². The number of nitrogens with one attached hydrogen (secondary N) is 3. The number of nitrogens with two attached hydrogens (primary N) is 1. The molecule has 0 bridgehead atoms. The molecule has 3 aliphatic carbocycles.